The molecule has 0 saturated heterocycles. The van der Waals surface area contributed by atoms with Gasteiger partial charge in [-0.15, -0.1) is 0 Å². The molecular formula is C16H12N2O2. The molecule has 0 fully saturated rings. The van der Waals surface area contributed by atoms with Gasteiger partial charge in [-0.05, 0) is 34.5 Å². The second-order valence-corrected chi connectivity index (χ2v) is 4.55. The molecule has 3 aromatic rings. The Labute approximate surface area is 115 Å². The van der Waals surface area contributed by atoms with Crippen molar-refractivity contribution in [3.8, 4) is 11.1 Å². The second-order valence-electron chi connectivity index (χ2n) is 4.55. The van der Waals surface area contributed by atoms with E-state index in [1.807, 2.05) is 36.4 Å². The van der Waals surface area contributed by atoms with Gasteiger partial charge >= 0.3 is 0 Å². The normalized spacial score (nSPS) is 10.6. The molecule has 4 nitrogen and oxygen atoms in total. The maximum absolute atomic E-state index is 10.7. The Hall–Kier alpha value is -2.88. The van der Waals surface area contributed by atoms with Gasteiger partial charge in [0.1, 0.15) is 0 Å². The zero-order valence-electron chi connectivity index (χ0n) is 10.6. The summed E-state index contributed by atoms with van der Waals surface area (Å²) in [4.78, 5) is 10.3. The van der Waals surface area contributed by atoms with Crippen LogP contribution in [-0.2, 0) is 0 Å². The van der Waals surface area contributed by atoms with Gasteiger partial charge in [-0.1, -0.05) is 30.3 Å². The van der Waals surface area contributed by atoms with Crippen molar-refractivity contribution in [2.45, 2.75) is 0 Å². The second kappa shape index (κ2) is 4.66. The zero-order valence-corrected chi connectivity index (χ0v) is 10.6. The van der Waals surface area contributed by atoms with Gasteiger partial charge in [0.25, 0.3) is 5.69 Å². The van der Waals surface area contributed by atoms with Crippen LogP contribution < -0.4 is 5.73 Å². The van der Waals surface area contributed by atoms with Crippen molar-refractivity contribution < 1.29 is 4.92 Å². The molecule has 0 bridgehead atoms. The van der Waals surface area contributed by atoms with Crippen LogP contribution in [0.4, 0.5) is 11.4 Å². The number of hydrogen-bond donors (Lipinski definition) is 1. The van der Waals surface area contributed by atoms with Crippen molar-refractivity contribution in [2.24, 2.45) is 0 Å². The van der Waals surface area contributed by atoms with E-state index in [1.165, 1.54) is 12.1 Å². The van der Waals surface area contributed by atoms with Crippen molar-refractivity contribution in [3.63, 3.8) is 0 Å². The first-order valence-electron chi connectivity index (χ1n) is 6.19. The molecule has 20 heavy (non-hydrogen) atoms. The lowest BCUT2D eigenvalue weighted by Gasteiger charge is -2.10. The average molecular weight is 264 g/mol. The molecule has 0 aromatic heterocycles. The van der Waals surface area contributed by atoms with Crippen LogP contribution in [0.1, 0.15) is 0 Å². The molecule has 0 unspecified atom stereocenters. The van der Waals surface area contributed by atoms with E-state index in [2.05, 4.69) is 0 Å². The van der Waals surface area contributed by atoms with Crippen LogP contribution in [0.25, 0.3) is 21.9 Å². The lowest BCUT2D eigenvalue weighted by Crippen LogP contribution is -1.92. The fourth-order valence-corrected chi connectivity index (χ4v) is 2.36. The first-order valence-corrected chi connectivity index (χ1v) is 6.19. The molecule has 2 N–H and O–H groups in total. The van der Waals surface area contributed by atoms with Crippen LogP contribution in [-0.4, -0.2) is 4.92 Å². The topological polar surface area (TPSA) is 69.2 Å². The van der Waals surface area contributed by atoms with E-state index in [0.717, 1.165) is 21.9 Å². The van der Waals surface area contributed by atoms with Gasteiger partial charge in [-0.3, -0.25) is 10.1 Å². The summed E-state index contributed by atoms with van der Waals surface area (Å²) >= 11 is 0. The minimum absolute atomic E-state index is 0.0764. The average Bonchev–Trinajstić information content (AvgIpc) is 2.47. The molecule has 3 rings (SSSR count). The summed E-state index contributed by atoms with van der Waals surface area (Å²) in [6.45, 7) is 0. The van der Waals surface area contributed by atoms with E-state index in [1.54, 1.807) is 12.1 Å². The van der Waals surface area contributed by atoms with E-state index in [-0.39, 0.29) is 5.69 Å². The molecule has 0 radical (unpaired) electrons. The quantitative estimate of drug-likeness (QED) is 0.432. The summed E-state index contributed by atoms with van der Waals surface area (Å²) in [6.07, 6.45) is 0. The number of nitrogens with two attached hydrogens (primary N) is 1. The van der Waals surface area contributed by atoms with E-state index in [4.69, 9.17) is 5.73 Å². The minimum atomic E-state index is -0.407. The smallest absolute Gasteiger partial charge is 0.269 e. The number of nitro benzene ring substituents is 1. The van der Waals surface area contributed by atoms with Gasteiger partial charge in [-0.25, -0.2) is 0 Å². The molecule has 0 aliphatic carbocycles. The SMILES string of the molecule is Nc1ccc2ccccc2c1-c1ccc([N+](=O)[O-])cc1. The molecule has 4 heteroatoms. The van der Waals surface area contributed by atoms with Crippen LogP contribution >= 0.6 is 0 Å². The summed E-state index contributed by atoms with van der Waals surface area (Å²) < 4.78 is 0. The van der Waals surface area contributed by atoms with Crippen molar-refractivity contribution in [2.75, 3.05) is 5.73 Å². The fraction of sp³-hybridized carbons (Fsp3) is 0. The van der Waals surface area contributed by atoms with Crippen molar-refractivity contribution in [1.82, 2.24) is 0 Å². The molecule has 0 amide bonds. The summed E-state index contributed by atoms with van der Waals surface area (Å²) in [6, 6.07) is 18.2. The van der Waals surface area contributed by atoms with Gasteiger partial charge in [0, 0.05) is 23.4 Å². The van der Waals surface area contributed by atoms with Crippen LogP contribution in [0.15, 0.2) is 60.7 Å². The summed E-state index contributed by atoms with van der Waals surface area (Å²) in [5.41, 5.74) is 8.62. The number of benzene rings is 3. The molecule has 0 aliphatic heterocycles. The zero-order chi connectivity index (χ0) is 14.1. The largest absolute Gasteiger partial charge is 0.398 e. The maximum Gasteiger partial charge on any atom is 0.269 e. The summed E-state index contributed by atoms with van der Waals surface area (Å²) in [7, 11) is 0. The van der Waals surface area contributed by atoms with Gasteiger partial charge in [0.15, 0.2) is 0 Å². The van der Waals surface area contributed by atoms with Crippen LogP contribution in [0.5, 0.6) is 0 Å². The molecule has 98 valence electrons. The maximum atomic E-state index is 10.7. The molecular weight excluding hydrogens is 252 g/mol. The lowest BCUT2D eigenvalue weighted by molar-refractivity contribution is -0.384. The number of non-ortho nitro benzene ring substituents is 1. The molecule has 0 heterocycles. The standard InChI is InChI=1S/C16H12N2O2/c17-15-10-7-11-3-1-2-4-14(11)16(15)12-5-8-13(9-6-12)18(19)20/h1-10H,17H2. The lowest BCUT2D eigenvalue weighted by atomic mass is 9.96. The van der Waals surface area contributed by atoms with Crippen molar-refractivity contribution in [1.29, 1.82) is 0 Å². The van der Waals surface area contributed by atoms with E-state index < -0.39 is 4.92 Å². The summed E-state index contributed by atoms with van der Waals surface area (Å²) in [5.74, 6) is 0. The number of anilines is 1. The molecule has 0 atom stereocenters. The first kappa shape index (κ1) is 12.2. The van der Waals surface area contributed by atoms with Gasteiger partial charge in [-0.2, -0.15) is 0 Å². The Kier molecular flexibility index (Phi) is 2.84. The third-order valence-corrected chi connectivity index (χ3v) is 3.33. The Bertz CT molecular complexity index is 795. The van der Waals surface area contributed by atoms with Crippen LogP contribution in [0, 0.1) is 10.1 Å². The Morgan fingerprint density at radius 2 is 1.60 bits per heavy atom. The predicted octanol–water partition coefficient (Wildman–Crippen LogP) is 4.00. The number of hydrogen-bond acceptors (Lipinski definition) is 3. The Morgan fingerprint density at radius 3 is 2.30 bits per heavy atom. The Morgan fingerprint density at radius 1 is 0.900 bits per heavy atom. The number of nitrogens with zero attached hydrogens (tertiary/aromatic N) is 1. The highest BCUT2D eigenvalue weighted by Crippen LogP contribution is 2.34. The number of nitrogen functional groups attached to an aromatic ring is 1. The highest BCUT2D eigenvalue weighted by atomic mass is 16.6. The van der Waals surface area contributed by atoms with Gasteiger partial charge in [0.2, 0.25) is 0 Å². The highest BCUT2D eigenvalue weighted by Gasteiger charge is 2.10. The van der Waals surface area contributed by atoms with Crippen LogP contribution in [0.3, 0.4) is 0 Å². The van der Waals surface area contributed by atoms with Crippen LogP contribution in [0.2, 0.25) is 0 Å². The molecule has 0 aliphatic rings. The molecule has 3 aromatic carbocycles. The number of rotatable bonds is 2. The van der Waals surface area contributed by atoms with Crippen molar-refractivity contribution >= 4 is 22.1 Å². The third kappa shape index (κ3) is 1.97. The van der Waals surface area contributed by atoms with Gasteiger partial charge in [0.05, 0.1) is 4.92 Å². The number of fused-ring (bicyclic) bond motifs is 1. The number of nitro groups is 1. The first-order chi connectivity index (χ1) is 9.66. The van der Waals surface area contributed by atoms with E-state index >= 15 is 0 Å². The molecule has 0 spiro atoms. The Balaban J connectivity index is 2.23. The summed E-state index contributed by atoms with van der Waals surface area (Å²) in [5, 5.41) is 12.8. The predicted molar refractivity (Wildman–Crippen MR) is 80.5 cm³/mol. The van der Waals surface area contributed by atoms with Gasteiger partial charge < -0.3 is 5.73 Å². The monoisotopic (exact) mass is 264 g/mol. The highest BCUT2D eigenvalue weighted by molar-refractivity contribution is 6.02. The van der Waals surface area contributed by atoms with Crippen molar-refractivity contribution in [3.05, 3.63) is 70.8 Å². The van der Waals surface area contributed by atoms with E-state index in [0.29, 0.717) is 5.69 Å². The van der Waals surface area contributed by atoms with E-state index in [9.17, 15) is 10.1 Å². The molecule has 0 saturated carbocycles. The minimum Gasteiger partial charge on any atom is -0.398 e. The fourth-order valence-electron chi connectivity index (χ4n) is 2.36. The third-order valence-electron chi connectivity index (χ3n) is 3.33.